The fourth-order valence-corrected chi connectivity index (χ4v) is 4.46. The lowest BCUT2D eigenvalue weighted by Gasteiger charge is -2.21. The van der Waals surface area contributed by atoms with Crippen LogP contribution in [0.5, 0.6) is 0 Å². The number of H-pyrrole nitrogens is 1. The molecule has 1 aliphatic heterocycles. The van der Waals surface area contributed by atoms with Crippen molar-refractivity contribution >= 4 is 24.9 Å². The Balaban J connectivity index is 1.59. The summed E-state index contributed by atoms with van der Waals surface area (Å²) in [5, 5.41) is 11.0. The molecule has 1 fully saturated rings. The Morgan fingerprint density at radius 2 is 2.25 bits per heavy atom. The molecule has 3 aromatic rings. The number of imidazole rings is 2. The van der Waals surface area contributed by atoms with Crippen molar-refractivity contribution in [2.45, 2.75) is 24.9 Å². The first kappa shape index (κ1) is 22.0. The summed E-state index contributed by atoms with van der Waals surface area (Å²) in [6.07, 6.45) is 9.52. The van der Waals surface area contributed by atoms with Crippen LogP contribution >= 0.6 is 7.75 Å². The van der Waals surface area contributed by atoms with E-state index >= 15 is 0 Å². The first-order valence-corrected chi connectivity index (χ1v) is 10.9. The molecule has 1 aliphatic rings. The minimum absolute atomic E-state index is 0.0156. The minimum atomic E-state index is -4.22. The van der Waals surface area contributed by atoms with Gasteiger partial charge in [0.05, 0.1) is 19.0 Å². The summed E-state index contributed by atoms with van der Waals surface area (Å²) in [5.74, 6) is -0.718. The molecule has 1 unspecified atom stereocenters. The van der Waals surface area contributed by atoms with Gasteiger partial charge in [0, 0.05) is 18.3 Å². The Hall–Kier alpha value is -3.21. The maximum absolute atomic E-state index is 12.5. The van der Waals surface area contributed by atoms with Gasteiger partial charge in [-0.3, -0.25) is 18.9 Å². The average molecular weight is 465 g/mol. The molecule has 0 spiro atoms. The van der Waals surface area contributed by atoms with E-state index in [1.807, 2.05) is 6.11 Å². The lowest BCUT2D eigenvalue weighted by Crippen LogP contribution is -2.29. The average Bonchev–Trinajstić information content (AvgIpc) is 3.47. The maximum atomic E-state index is 12.5. The Morgan fingerprint density at radius 1 is 1.44 bits per heavy atom. The van der Waals surface area contributed by atoms with Crippen LogP contribution in [-0.4, -0.2) is 64.3 Å². The topological polar surface area (TPSA) is 193 Å². The van der Waals surface area contributed by atoms with Crippen molar-refractivity contribution in [2.75, 3.05) is 18.9 Å². The lowest BCUT2D eigenvalue weighted by atomic mass is 9.95. The van der Waals surface area contributed by atoms with Crippen molar-refractivity contribution in [3.05, 3.63) is 35.4 Å². The Morgan fingerprint density at radius 3 is 2.97 bits per heavy atom. The predicted molar refractivity (Wildman–Crippen MR) is 109 cm³/mol. The van der Waals surface area contributed by atoms with E-state index in [1.54, 1.807) is 0 Å². The molecule has 4 heterocycles. The van der Waals surface area contributed by atoms with Crippen molar-refractivity contribution in [3.63, 3.8) is 0 Å². The van der Waals surface area contributed by atoms with Gasteiger partial charge >= 0.3 is 7.75 Å². The van der Waals surface area contributed by atoms with Crippen molar-refractivity contribution in [2.24, 2.45) is 5.92 Å². The smallest absolute Gasteiger partial charge is 0.437 e. The molecule has 170 valence electrons. The number of nitrogens with one attached hydrogen (secondary N) is 1. The van der Waals surface area contributed by atoms with E-state index in [9.17, 15) is 19.4 Å². The van der Waals surface area contributed by atoms with Crippen LogP contribution in [0.15, 0.2) is 29.8 Å². The van der Waals surface area contributed by atoms with Crippen LogP contribution in [0.1, 0.15) is 12.6 Å². The summed E-state index contributed by atoms with van der Waals surface area (Å²) in [7, 11) is -4.22. The second kappa shape index (κ2) is 8.73. The van der Waals surface area contributed by atoms with E-state index < -0.39 is 37.7 Å². The number of fused-ring (bicyclic) bond motifs is 1. The minimum Gasteiger partial charge on any atom is -0.447 e. The van der Waals surface area contributed by atoms with Crippen molar-refractivity contribution in [1.29, 1.82) is 0 Å². The van der Waals surface area contributed by atoms with E-state index in [0.717, 1.165) is 10.7 Å². The number of aliphatic hydroxyl groups excluding tert-OH is 1. The molecular formula is C17H20N7O7P. The summed E-state index contributed by atoms with van der Waals surface area (Å²) in [6.45, 7) is -0.221. The standard InChI is InChI=1S/C17H20N7O7P/c1-2-29-6-3-10-11(7-30-32(27,28)23-5-4-19-8-23)31-16(13(10)25)24-9-20-12-14(24)21-17(18)22-15(12)26/h1,4-5,8-11,13,16,25H,3,6-7H2,(H,27,28)(H3,18,21,22,26)/t10-,11-,13-,16-/m1/s1. The van der Waals surface area contributed by atoms with Gasteiger partial charge in [0.1, 0.15) is 25.1 Å². The highest BCUT2D eigenvalue weighted by Crippen LogP contribution is 2.45. The fourth-order valence-electron chi connectivity index (χ4n) is 3.56. The summed E-state index contributed by atoms with van der Waals surface area (Å²) >= 11 is 0. The Bertz CT molecular complexity index is 1230. The zero-order valence-electron chi connectivity index (χ0n) is 16.5. The van der Waals surface area contributed by atoms with Crippen LogP contribution in [-0.2, 0) is 18.6 Å². The number of nitrogens with zero attached hydrogens (tertiary/aromatic N) is 5. The van der Waals surface area contributed by atoms with Gasteiger partial charge in [-0.15, -0.1) is 0 Å². The Kier molecular flexibility index (Phi) is 6.00. The van der Waals surface area contributed by atoms with E-state index in [4.69, 9.17) is 26.2 Å². The number of hydrogen-bond donors (Lipinski definition) is 4. The van der Waals surface area contributed by atoms with Crippen molar-refractivity contribution < 1.29 is 28.6 Å². The van der Waals surface area contributed by atoms with Crippen LogP contribution in [0.2, 0.25) is 0 Å². The molecule has 4 rings (SSSR count). The van der Waals surface area contributed by atoms with Gasteiger partial charge in [-0.05, 0) is 6.42 Å². The lowest BCUT2D eigenvalue weighted by molar-refractivity contribution is -0.0473. The number of hydrogen-bond acceptors (Lipinski definition) is 10. The SMILES string of the molecule is C#COCC[C@H]1[C@@H](O)[C@H](n2cnc3c(=O)[nH]c(N)nc32)O[C@@H]1COP(=O)(O)n1ccnc1. The number of rotatable bonds is 8. The van der Waals surface area contributed by atoms with Crippen LogP contribution in [0.25, 0.3) is 11.2 Å². The summed E-state index contributed by atoms with van der Waals surface area (Å²) in [6, 6.07) is 0. The zero-order chi connectivity index (χ0) is 22.9. The van der Waals surface area contributed by atoms with E-state index in [0.29, 0.717) is 0 Å². The monoisotopic (exact) mass is 465 g/mol. The fraction of sp³-hybridized carbons (Fsp3) is 0.412. The molecular weight excluding hydrogens is 445 g/mol. The van der Waals surface area contributed by atoms with Crippen molar-refractivity contribution in [1.82, 2.24) is 28.8 Å². The first-order chi connectivity index (χ1) is 15.3. The van der Waals surface area contributed by atoms with Gasteiger partial charge < -0.3 is 25.2 Å². The van der Waals surface area contributed by atoms with Crippen LogP contribution in [0.3, 0.4) is 0 Å². The highest BCUT2D eigenvalue weighted by Gasteiger charge is 2.46. The quantitative estimate of drug-likeness (QED) is 0.189. The second-order valence-corrected chi connectivity index (χ2v) is 8.68. The number of nitrogen functional groups attached to an aromatic ring is 1. The molecule has 32 heavy (non-hydrogen) atoms. The van der Waals surface area contributed by atoms with E-state index in [-0.39, 0.29) is 36.7 Å². The van der Waals surface area contributed by atoms with Crippen LogP contribution in [0.4, 0.5) is 5.95 Å². The molecule has 15 heteroatoms. The number of terminal acetylenes is 1. The molecule has 0 amide bonds. The molecule has 0 aliphatic carbocycles. The van der Waals surface area contributed by atoms with Gasteiger partial charge in [0.15, 0.2) is 17.4 Å². The molecule has 1 saturated heterocycles. The normalized spacial score (nSPS) is 24.9. The molecule has 0 radical (unpaired) electrons. The molecule has 14 nitrogen and oxygen atoms in total. The Labute approximate surface area is 180 Å². The second-order valence-electron chi connectivity index (χ2n) is 6.98. The van der Waals surface area contributed by atoms with E-state index in [2.05, 4.69) is 19.9 Å². The number of nitrogens with two attached hydrogens (primary N) is 1. The van der Waals surface area contributed by atoms with Gasteiger partial charge in [-0.25, -0.2) is 18.9 Å². The highest BCUT2D eigenvalue weighted by atomic mass is 31.2. The summed E-state index contributed by atoms with van der Waals surface area (Å²) in [4.78, 5) is 36.4. The molecule has 5 atom stereocenters. The number of aromatic nitrogens is 6. The third-order valence-corrected chi connectivity index (χ3v) is 6.38. The largest absolute Gasteiger partial charge is 0.447 e. The first-order valence-electron chi connectivity index (χ1n) is 9.41. The molecule has 3 aromatic heterocycles. The molecule has 0 saturated carbocycles. The van der Waals surface area contributed by atoms with Crippen LogP contribution < -0.4 is 11.3 Å². The summed E-state index contributed by atoms with van der Waals surface area (Å²) in [5.41, 5.74) is 5.22. The zero-order valence-corrected chi connectivity index (χ0v) is 17.4. The maximum Gasteiger partial charge on any atom is 0.437 e. The van der Waals surface area contributed by atoms with Gasteiger partial charge in [-0.2, -0.15) is 4.98 Å². The number of aromatic amines is 1. The van der Waals surface area contributed by atoms with Crippen LogP contribution in [0, 0.1) is 18.4 Å². The van der Waals surface area contributed by atoms with Gasteiger partial charge in [-0.1, -0.05) is 6.42 Å². The predicted octanol–water partition coefficient (Wildman–Crippen LogP) is -0.564. The molecule has 5 N–H and O–H groups in total. The van der Waals surface area contributed by atoms with Gasteiger partial charge in [0.25, 0.3) is 5.56 Å². The van der Waals surface area contributed by atoms with Crippen molar-refractivity contribution in [3.8, 4) is 12.5 Å². The third-order valence-electron chi connectivity index (χ3n) is 5.07. The third kappa shape index (κ3) is 4.12. The molecule has 0 bridgehead atoms. The highest BCUT2D eigenvalue weighted by molar-refractivity contribution is 7.51. The number of ether oxygens (including phenoxy) is 2. The summed E-state index contributed by atoms with van der Waals surface area (Å²) < 4.78 is 30.9. The number of aliphatic hydroxyl groups is 1. The van der Waals surface area contributed by atoms with E-state index in [1.165, 1.54) is 23.3 Å². The number of anilines is 1. The molecule has 0 aromatic carbocycles. The van der Waals surface area contributed by atoms with Gasteiger partial charge in [0.2, 0.25) is 5.95 Å².